The fraction of sp³-hybridized carbons (Fsp3) is 0.560. The molecule has 1 aliphatic heterocycles. The van der Waals surface area contributed by atoms with Crippen LogP contribution < -0.4 is 4.74 Å². The molecular weight excluding hydrogens is 406 g/mol. The number of thiazole rings is 1. The second kappa shape index (κ2) is 9.31. The average Bonchev–Trinajstić information content (AvgIpc) is 3.53. The zero-order valence-corrected chi connectivity index (χ0v) is 19.2. The number of hydrogen-bond donors (Lipinski definition) is 1. The van der Waals surface area contributed by atoms with Crippen LogP contribution in [0.2, 0.25) is 0 Å². The molecule has 0 bridgehead atoms. The van der Waals surface area contributed by atoms with Crippen molar-refractivity contribution in [3.05, 3.63) is 35.5 Å². The third-order valence-electron chi connectivity index (χ3n) is 7.12. The molecule has 3 aromatic rings. The van der Waals surface area contributed by atoms with Gasteiger partial charge in [0.25, 0.3) is 0 Å². The highest BCUT2D eigenvalue weighted by Gasteiger charge is 2.25. The van der Waals surface area contributed by atoms with Crippen molar-refractivity contribution < 1.29 is 9.84 Å². The van der Waals surface area contributed by atoms with Gasteiger partial charge in [-0.15, -0.1) is 11.3 Å². The SMILES string of the molecule is COc1cccc2c(-c3nc(CN4CCC[C@H]4CO)cs3)cn(CC3CCCCC3)c12. The van der Waals surface area contributed by atoms with Crippen LogP contribution in [0, 0.1) is 5.92 Å². The molecule has 5 rings (SSSR count). The topological polar surface area (TPSA) is 50.5 Å². The summed E-state index contributed by atoms with van der Waals surface area (Å²) >= 11 is 1.73. The molecule has 1 aromatic carbocycles. The lowest BCUT2D eigenvalue weighted by molar-refractivity contribution is 0.152. The van der Waals surface area contributed by atoms with E-state index in [9.17, 15) is 5.11 Å². The van der Waals surface area contributed by atoms with Crippen molar-refractivity contribution in [3.8, 4) is 16.3 Å². The van der Waals surface area contributed by atoms with Gasteiger partial charge >= 0.3 is 0 Å². The van der Waals surface area contributed by atoms with Crippen LogP contribution >= 0.6 is 11.3 Å². The maximum absolute atomic E-state index is 9.63. The van der Waals surface area contributed by atoms with E-state index in [4.69, 9.17) is 9.72 Å². The van der Waals surface area contributed by atoms with Crippen LogP contribution in [0.15, 0.2) is 29.8 Å². The minimum Gasteiger partial charge on any atom is -0.495 e. The van der Waals surface area contributed by atoms with Gasteiger partial charge in [0.15, 0.2) is 0 Å². The molecule has 0 amide bonds. The summed E-state index contributed by atoms with van der Waals surface area (Å²) in [6.45, 7) is 3.17. The predicted molar refractivity (Wildman–Crippen MR) is 127 cm³/mol. The summed E-state index contributed by atoms with van der Waals surface area (Å²) in [6, 6.07) is 6.64. The Kier molecular flexibility index (Phi) is 6.30. The first kappa shape index (κ1) is 21.0. The first-order valence-electron chi connectivity index (χ1n) is 11.7. The van der Waals surface area contributed by atoms with Gasteiger partial charge in [0, 0.05) is 41.7 Å². The molecule has 3 heterocycles. The first-order chi connectivity index (χ1) is 15.3. The van der Waals surface area contributed by atoms with E-state index in [-0.39, 0.29) is 12.6 Å². The van der Waals surface area contributed by atoms with Gasteiger partial charge < -0.3 is 14.4 Å². The fourth-order valence-corrected chi connectivity index (χ4v) is 6.31. The summed E-state index contributed by atoms with van der Waals surface area (Å²) in [5.74, 6) is 1.69. The van der Waals surface area contributed by atoms with Gasteiger partial charge in [-0.25, -0.2) is 4.98 Å². The van der Waals surface area contributed by atoms with Gasteiger partial charge in [0.2, 0.25) is 0 Å². The van der Waals surface area contributed by atoms with Crippen molar-refractivity contribution in [1.82, 2.24) is 14.5 Å². The third kappa shape index (κ3) is 4.26. The highest BCUT2D eigenvalue weighted by molar-refractivity contribution is 7.13. The molecule has 0 unspecified atom stereocenters. The van der Waals surface area contributed by atoms with Crippen molar-refractivity contribution >= 4 is 22.2 Å². The van der Waals surface area contributed by atoms with Gasteiger partial charge in [0.1, 0.15) is 10.8 Å². The molecule has 1 saturated carbocycles. The third-order valence-corrected chi connectivity index (χ3v) is 8.04. The summed E-state index contributed by atoms with van der Waals surface area (Å²) in [7, 11) is 1.77. The van der Waals surface area contributed by atoms with Crippen molar-refractivity contribution in [1.29, 1.82) is 0 Å². The van der Waals surface area contributed by atoms with Crippen LogP contribution in [0.4, 0.5) is 0 Å². The van der Waals surface area contributed by atoms with Crippen LogP contribution in [-0.2, 0) is 13.1 Å². The number of rotatable bonds is 7. The fourth-order valence-electron chi connectivity index (χ4n) is 5.47. The minimum atomic E-state index is 0.242. The second-order valence-electron chi connectivity index (χ2n) is 9.15. The Labute approximate surface area is 188 Å². The normalized spacial score (nSPS) is 20.6. The molecule has 0 spiro atoms. The second-order valence-corrected chi connectivity index (χ2v) is 10.0. The maximum atomic E-state index is 9.63. The van der Waals surface area contributed by atoms with Crippen LogP contribution in [0.1, 0.15) is 50.6 Å². The summed E-state index contributed by atoms with van der Waals surface area (Å²) in [5.41, 5.74) is 3.51. The number of likely N-dealkylation sites (tertiary alicyclic amines) is 1. The van der Waals surface area contributed by atoms with Gasteiger partial charge in [-0.2, -0.15) is 0 Å². The number of benzene rings is 1. The highest BCUT2D eigenvalue weighted by Crippen LogP contribution is 2.38. The van der Waals surface area contributed by atoms with Crippen molar-refractivity contribution in [3.63, 3.8) is 0 Å². The number of para-hydroxylation sites is 1. The molecule has 1 aliphatic carbocycles. The van der Waals surface area contributed by atoms with Crippen LogP contribution in [-0.4, -0.2) is 45.9 Å². The van der Waals surface area contributed by atoms with E-state index in [0.29, 0.717) is 0 Å². The number of hydrogen-bond acceptors (Lipinski definition) is 5. The number of fused-ring (bicyclic) bond motifs is 1. The standard InChI is InChI=1S/C25H33N3O2S/c1-30-23-11-5-10-21-22(15-28(24(21)23)13-18-7-3-2-4-8-18)25-26-19(17-31-25)14-27-12-6-9-20(27)16-29/h5,10-11,15,17-18,20,29H,2-4,6-9,12-14,16H2,1H3/t20-/m0/s1. The van der Waals surface area contributed by atoms with E-state index in [1.165, 1.54) is 48.6 Å². The van der Waals surface area contributed by atoms with Gasteiger partial charge in [-0.05, 0) is 44.2 Å². The zero-order chi connectivity index (χ0) is 21.2. The monoisotopic (exact) mass is 439 g/mol. The highest BCUT2D eigenvalue weighted by atomic mass is 32.1. The number of aromatic nitrogens is 2. The molecule has 2 aromatic heterocycles. The summed E-state index contributed by atoms with van der Waals surface area (Å²) in [6.07, 6.45) is 11.3. The number of ether oxygens (including phenoxy) is 1. The van der Waals surface area contributed by atoms with E-state index in [0.717, 1.165) is 54.8 Å². The van der Waals surface area contributed by atoms with Crippen LogP contribution in [0.25, 0.3) is 21.5 Å². The molecule has 1 N–H and O–H groups in total. The Morgan fingerprint density at radius 3 is 2.84 bits per heavy atom. The van der Waals surface area contributed by atoms with E-state index in [2.05, 4.69) is 39.2 Å². The summed E-state index contributed by atoms with van der Waals surface area (Å²) in [4.78, 5) is 7.39. The Bertz CT molecular complexity index is 1020. The van der Waals surface area contributed by atoms with Crippen molar-refractivity contribution in [2.24, 2.45) is 5.92 Å². The molecule has 6 heteroatoms. The van der Waals surface area contributed by atoms with E-state index >= 15 is 0 Å². The Morgan fingerprint density at radius 1 is 1.16 bits per heavy atom. The number of aliphatic hydroxyl groups excluding tert-OH is 1. The summed E-state index contributed by atoms with van der Waals surface area (Å²) in [5, 5.41) is 14.1. The molecule has 2 fully saturated rings. The Hall–Kier alpha value is -1.89. The Morgan fingerprint density at radius 2 is 2.03 bits per heavy atom. The lowest BCUT2D eigenvalue weighted by atomic mass is 9.89. The number of aliphatic hydroxyl groups is 1. The van der Waals surface area contributed by atoms with Gasteiger partial charge in [-0.3, -0.25) is 4.90 Å². The largest absolute Gasteiger partial charge is 0.495 e. The van der Waals surface area contributed by atoms with E-state index < -0.39 is 0 Å². The Balaban J connectivity index is 1.46. The first-order valence-corrected chi connectivity index (χ1v) is 12.6. The number of methoxy groups -OCH3 is 1. The van der Waals surface area contributed by atoms with Crippen LogP contribution in [0.5, 0.6) is 5.75 Å². The minimum absolute atomic E-state index is 0.242. The predicted octanol–water partition coefficient (Wildman–Crippen LogP) is 5.31. The van der Waals surface area contributed by atoms with Crippen LogP contribution in [0.3, 0.4) is 0 Å². The smallest absolute Gasteiger partial charge is 0.143 e. The maximum Gasteiger partial charge on any atom is 0.143 e. The molecule has 166 valence electrons. The molecule has 1 saturated heterocycles. The molecule has 5 nitrogen and oxygen atoms in total. The van der Waals surface area contributed by atoms with Crippen molar-refractivity contribution in [2.45, 2.75) is 64.1 Å². The molecule has 0 radical (unpaired) electrons. The van der Waals surface area contributed by atoms with E-state index in [1.54, 1.807) is 18.4 Å². The summed E-state index contributed by atoms with van der Waals surface area (Å²) < 4.78 is 8.18. The lowest BCUT2D eigenvalue weighted by Crippen LogP contribution is -2.31. The zero-order valence-electron chi connectivity index (χ0n) is 18.4. The van der Waals surface area contributed by atoms with Crippen molar-refractivity contribution in [2.75, 3.05) is 20.3 Å². The quantitative estimate of drug-likeness (QED) is 0.542. The molecule has 1 atom stereocenters. The van der Waals surface area contributed by atoms with E-state index in [1.807, 2.05) is 0 Å². The molecule has 31 heavy (non-hydrogen) atoms. The van der Waals surface area contributed by atoms with Gasteiger partial charge in [-0.1, -0.05) is 31.4 Å². The molecule has 2 aliphatic rings. The number of nitrogens with zero attached hydrogens (tertiary/aromatic N) is 3. The average molecular weight is 440 g/mol. The molecular formula is C25H33N3O2S. The van der Waals surface area contributed by atoms with Gasteiger partial charge in [0.05, 0.1) is 24.9 Å². The lowest BCUT2D eigenvalue weighted by Gasteiger charge is -2.22.